The van der Waals surface area contributed by atoms with E-state index in [1.54, 1.807) is 24.3 Å². The van der Waals surface area contributed by atoms with Crippen LogP contribution in [0.1, 0.15) is 22.8 Å². The van der Waals surface area contributed by atoms with Crippen molar-refractivity contribution in [2.75, 3.05) is 0 Å². The molecule has 5 heterocycles. The number of H-pyrrole nitrogens is 2. The Morgan fingerprint density at radius 1 is 0.531 bits per heavy atom. The molecular formula is C26H19FeN4O. The molecular weight excluding hydrogens is 440 g/mol. The second-order valence-corrected chi connectivity index (χ2v) is 8.00. The van der Waals surface area contributed by atoms with Crippen molar-refractivity contribution >= 4 is 50.8 Å². The fourth-order valence-corrected chi connectivity index (χ4v) is 3.56. The van der Waals surface area contributed by atoms with Gasteiger partial charge in [0.15, 0.2) is 0 Å². The topological polar surface area (TPSA) is 77.6 Å². The van der Waals surface area contributed by atoms with Gasteiger partial charge >= 0.3 is 55.6 Å². The molecule has 0 radical (unpaired) electrons. The summed E-state index contributed by atoms with van der Waals surface area (Å²) in [4.78, 5) is 16.0. The van der Waals surface area contributed by atoms with Gasteiger partial charge in [-0.05, 0) is 72.8 Å². The van der Waals surface area contributed by atoms with E-state index in [0.717, 1.165) is 49.3 Å². The molecule has 0 spiro atoms. The molecule has 3 N–H and O–H groups in total. The van der Waals surface area contributed by atoms with Crippen LogP contribution in [0.2, 0.25) is 0 Å². The number of aromatic nitrogens is 4. The van der Waals surface area contributed by atoms with Gasteiger partial charge in [-0.15, -0.1) is 0 Å². The Labute approximate surface area is 193 Å². The summed E-state index contributed by atoms with van der Waals surface area (Å²) in [6.07, 6.45) is 8.09. The van der Waals surface area contributed by atoms with Crippen molar-refractivity contribution in [3.8, 4) is 5.75 Å². The van der Waals surface area contributed by atoms with E-state index in [2.05, 4.69) is 60.2 Å². The molecule has 0 amide bonds. The molecule has 0 saturated carbocycles. The molecule has 0 aliphatic carbocycles. The van der Waals surface area contributed by atoms with E-state index < -0.39 is 0 Å². The summed E-state index contributed by atoms with van der Waals surface area (Å²) in [5.41, 5.74) is 7.86. The zero-order chi connectivity index (χ0) is 21.9. The van der Waals surface area contributed by atoms with Crippen LogP contribution in [0.5, 0.6) is 5.75 Å². The molecule has 2 aliphatic rings. The molecule has 3 aromatic heterocycles. The van der Waals surface area contributed by atoms with Crippen molar-refractivity contribution in [2.45, 2.75) is 0 Å². The Morgan fingerprint density at radius 2 is 0.875 bits per heavy atom. The Kier molecular flexibility index (Phi) is 5.46. The van der Waals surface area contributed by atoms with Crippen LogP contribution in [0.4, 0.5) is 0 Å². The fourth-order valence-electron chi connectivity index (χ4n) is 3.38. The predicted molar refractivity (Wildman–Crippen MR) is 127 cm³/mol. The van der Waals surface area contributed by atoms with Crippen LogP contribution in [0.3, 0.4) is 0 Å². The van der Waals surface area contributed by atoms with E-state index in [9.17, 15) is 0 Å². The van der Waals surface area contributed by atoms with Crippen LogP contribution in [-0.2, 0) is 16.0 Å². The first-order chi connectivity index (χ1) is 15.6. The quantitative estimate of drug-likeness (QED) is 0.273. The molecule has 4 aromatic rings. The van der Waals surface area contributed by atoms with Gasteiger partial charge < -0.3 is 9.97 Å². The molecule has 6 heteroatoms. The summed E-state index contributed by atoms with van der Waals surface area (Å²) in [7, 11) is 0. The summed E-state index contributed by atoms with van der Waals surface area (Å²) < 4.78 is 0.919. The fraction of sp³-hybridized carbons (Fsp3) is 0. The van der Waals surface area contributed by atoms with Gasteiger partial charge in [0, 0.05) is 22.1 Å². The number of fused-ring (bicyclic) bond motifs is 8. The van der Waals surface area contributed by atoms with Gasteiger partial charge in [0.2, 0.25) is 0 Å². The molecule has 5 nitrogen and oxygen atoms in total. The molecule has 2 aliphatic heterocycles. The van der Waals surface area contributed by atoms with Crippen LogP contribution in [0, 0.1) is 0 Å². The number of phenols is 1. The average molecular weight is 459 g/mol. The third-order valence-electron chi connectivity index (χ3n) is 4.86. The van der Waals surface area contributed by atoms with Gasteiger partial charge in [-0.25, -0.2) is 9.97 Å². The molecule has 0 atom stereocenters. The Bertz CT molecular complexity index is 1300. The van der Waals surface area contributed by atoms with Crippen molar-refractivity contribution < 1.29 is 21.1 Å². The minimum absolute atomic E-state index is 0.289. The second kappa shape index (κ2) is 8.71. The predicted octanol–water partition coefficient (Wildman–Crippen LogP) is 5.22. The molecule has 0 unspecified atom stereocenters. The molecule has 32 heavy (non-hydrogen) atoms. The van der Waals surface area contributed by atoms with Crippen LogP contribution in [-0.4, -0.2) is 25.0 Å². The first kappa shape index (κ1) is 20.1. The van der Waals surface area contributed by atoms with Gasteiger partial charge in [0.25, 0.3) is 0 Å². The van der Waals surface area contributed by atoms with Crippen molar-refractivity contribution in [3.05, 3.63) is 95.6 Å². The maximum absolute atomic E-state index is 8.73. The molecule has 8 bridgehead atoms. The standard InChI is InChI=1S/C20H14N4.C6H5O.Fe/c1-2-14-10-16-5-6-18(23-16)12-20-8-7-19(24-20)11-17-4-3-15(22-17)9-13(1)21-14;7-6-4-2-1-3-5-6;/h1-12,21,24H;2-5,7H;. The van der Waals surface area contributed by atoms with Gasteiger partial charge in [0.1, 0.15) is 0 Å². The van der Waals surface area contributed by atoms with Gasteiger partial charge in [-0.3, -0.25) is 0 Å². The average Bonchev–Trinajstić information content (AvgIpc) is 3.57. The van der Waals surface area contributed by atoms with Gasteiger partial charge in [-0.1, -0.05) is 0 Å². The first-order valence-electron chi connectivity index (χ1n) is 10.1. The number of phenolic OH excluding ortho intramolecular Hbond substituents is 1. The summed E-state index contributed by atoms with van der Waals surface area (Å²) in [5, 5.41) is 8.73. The summed E-state index contributed by atoms with van der Waals surface area (Å²) in [6, 6.07) is 23.1. The Morgan fingerprint density at radius 3 is 1.19 bits per heavy atom. The number of nitrogens with one attached hydrogen (secondary N) is 2. The third-order valence-corrected chi connectivity index (χ3v) is 5.23. The number of aromatic amines is 2. The summed E-state index contributed by atoms with van der Waals surface area (Å²) >= 11 is 3.65. The molecule has 6 rings (SSSR count). The molecule has 0 fully saturated rings. The number of benzene rings is 1. The minimum atomic E-state index is 0.289. The van der Waals surface area contributed by atoms with Crippen LogP contribution in [0.25, 0.3) is 46.4 Å². The molecule has 1 aromatic carbocycles. The van der Waals surface area contributed by atoms with Crippen molar-refractivity contribution in [3.63, 3.8) is 0 Å². The van der Waals surface area contributed by atoms with Crippen LogP contribution >= 0.6 is 0 Å². The van der Waals surface area contributed by atoms with Gasteiger partial charge in [-0.2, -0.15) is 0 Å². The van der Waals surface area contributed by atoms with E-state index in [1.165, 1.54) is 0 Å². The monoisotopic (exact) mass is 459 g/mol. The zero-order valence-electron chi connectivity index (χ0n) is 16.9. The molecule has 157 valence electrons. The normalized spacial score (nSPS) is 11.8. The van der Waals surface area contributed by atoms with Crippen molar-refractivity contribution in [1.82, 2.24) is 19.9 Å². The van der Waals surface area contributed by atoms with Crippen LogP contribution < -0.4 is 4.46 Å². The number of aromatic hydroxyl groups is 1. The van der Waals surface area contributed by atoms with E-state index in [1.807, 2.05) is 48.6 Å². The number of hydrogen-bond acceptors (Lipinski definition) is 3. The number of rotatable bonds is 0. The zero-order valence-corrected chi connectivity index (χ0v) is 18.0. The Balaban J connectivity index is 0.000000230. The molecule has 0 saturated heterocycles. The van der Waals surface area contributed by atoms with Crippen molar-refractivity contribution in [2.24, 2.45) is 0 Å². The number of hydrogen-bond donors (Lipinski definition) is 3. The third kappa shape index (κ3) is 4.89. The second-order valence-electron chi connectivity index (χ2n) is 7.37. The van der Waals surface area contributed by atoms with E-state index >= 15 is 0 Å². The maximum atomic E-state index is 8.73. The first-order valence-corrected chi connectivity index (χ1v) is 10.6. The van der Waals surface area contributed by atoms with E-state index in [0.29, 0.717) is 0 Å². The SMILES string of the molecule is C1=Cc2cc3ccc(cc4nc(cc5ccc(cc1n2)[nH]5)C=C4)[nH]3.Oc1cc[c]([Fe])cc1. The summed E-state index contributed by atoms with van der Waals surface area (Å²) in [5.74, 6) is 0.289. The van der Waals surface area contributed by atoms with Crippen LogP contribution in [0.15, 0.2) is 72.8 Å². The van der Waals surface area contributed by atoms with Gasteiger partial charge in [0.05, 0.1) is 22.8 Å². The van der Waals surface area contributed by atoms with E-state index in [-0.39, 0.29) is 5.75 Å². The number of nitrogens with zero attached hydrogens (tertiary/aromatic N) is 2. The Hall–Kier alpha value is -3.86. The van der Waals surface area contributed by atoms with Crippen molar-refractivity contribution in [1.29, 1.82) is 0 Å². The van der Waals surface area contributed by atoms with E-state index in [4.69, 9.17) is 5.11 Å². The summed E-state index contributed by atoms with van der Waals surface area (Å²) in [6.45, 7) is 0.